The van der Waals surface area contributed by atoms with Crippen molar-refractivity contribution in [2.75, 3.05) is 0 Å². The van der Waals surface area contributed by atoms with Crippen molar-refractivity contribution >= 4 is 23.4 Å². The first-order chi connectivity index (χ1) is 18.0. The smallest absolute Gasteiger partial charge is 0.251 e. The maximum absolute atomic E-state index is 12.7. The minimum atomic E-state index is -0.916. The second kappa shape index (κ2) is 12.6. The Bertz CT molecular complexity index is 1330. The number of nitrogens with one attached hydrogen (secondary N) is 1. The van der Waals surface area contributed by atoms with E-state index in [4.69, 9.17) is 26.8 Å². The van der Waals surface area contributed by atoms with E-state index in [2.05, 4.69) is 5.32 Å². The predicted octanol–water partition coefficient (Wildman–Crippen LogP) is 5.32. The molecule has 4 aromatic rings. The van der Waals surface area contributed by atoms with Crippen LogP contribution in [0.25, 0.3) is 0 Å². The minimum Gasteiger partial charge on any atom is -0.485 e. The summed E-state index contributed by atoms with van der Waals surface area (Å²) in [7, 11) is 0. The van der Waals surface area contributed by atoms with Gasteiger partial charge < -0.3 is 20.5 Å². The molecule has 0 bridgehead atoms. The number of nitrogens with two attached hydrogens (primary N) is 1. The fraction of sp³-hybridized carbons (Fsp3) is 0.133. The summed E-state index contributed by atoms with van der Waals surface area (Å²) < 4.78 is 12.2. The quantitative estimate of drug-likeness (QED) is 0.283. The summed E-state index contributed by atoms with van der Waals surface area (Å²) in [6.45, 7) is 0.724. The minimum absolute atomic E-state index is 0.190. The first-order valence-corrected chi connectivity index (χ1v) is 12.2. The number of carbonyl (C=O) groups excluding carboxylic acids is 2. The Morgan fingerprint density at radius 2 is 1.30 bits per heavy atom. The Morgan fingerprint density at radius 1 is 0.730 bits per heavy atom. The highest BCUT2D eigenvalue weighted by Crippen LogP contribution is 2.30. The lowest BCUT2D eigenvalue weighted by molar-refractivity contribution is -0.119. The van der Waals surface area contributed by atoms with Crippen LogP contribution in [0.2, 0.25) is 5.02 Å². The third-order valence-electron chi connectivity index (χ3n) is 5.68. The molecule has 0 unspecified atom stereocenters. The lowest BCUT2D eigenvalue weighted by Gasteiger charge is -2.18. The average Bonchev–Trinajstić information content (AvgIpc) is 2.92. The summed E-state index contributed by atoms with van der Waals surface area (Å²) in [6.07, 6.45) is 0.190. The van der Waals surface area contributed by atoms with Crippen LogP contribution in [0, 0.1) is 0 Å². The second-order valence-electron chi connectivity index (χ2n) is 8.47. The molecule has 4 aromatic carbocycles. The molecule has 0 saturated carbocycles. The number of primary amides is 1. The van der Waals surface area contributed by atoms with Crippen LogP contribution in [0.4, 0.5) is 0 Å². The topological polar surface area (TPSA) is 90.7 Å². The fourth-order valence-corrected chi connectivity index (χ4v) is 3.81. The van der Waals surface area contributed by atoms with E-state index in [1.54, 1.807) is 30.3 Å². The molecule has 1 atom stereocenters. The van der Waals surface area contributed by atoms with Crippen molar-refractivity contribution in [3.05, 3.63) is 130 Å². The number of hydrogen-bond acceptors (Lipinski definition) is 4. The van der Waals surface area contributed by atoms with Gasteiger partial charge in [0.05, 0.1) is 0 Å². The SMILES string of the molecule is NC(=O)[C@H](Cc1ccc(OCc2ccccc2)c(OCc2ccccc2)c1)NC(=O)c1ccc(Cl)cc1. The zero-order valence-electron chi connectivity index (χ0n) is 20.1. The number of benzene rings is 4. The zero-order valence-corrected chi connectivity index (χ0v) is 20.9. The van der Waals surface area contributed by atoms with Gasteiger partial charge in [0.2, 0.25) is 5.91 Å². The van der Waals surface area contributed by atoms with Gasteiger partial charge in [-0.1, -0.05) is 78.3 Å². The van der Waals surface area contributed by atoms with Crippen LogP contribution in [0.5, 0.6) is 11.5 Å². The second-order valence-corrected chi connectivity index (χ2v) is 8.91. The first kappa shape index (κ1) is 25.8. The van der Waals surface area contributed by atoms with Crippen molar-refractivity contribution < 1.29 is 19.1 Å². The van der Waals surface area contributed by atoms with Crippen molar-refractivity contribution in [2.24, 2.45) is 5.73 Å². The summed E-state index contributed by atoms with van der Waals surface area (Å²) in [4.78, 5) is 24.8. The lowest BCUT2D eigenvalue weighted by atomic mass is 10.0. The van der Waals surface area contributed by atoms with E-state index in [0.29, 0.717) is 35.3 Å². The van der Waals surface area contributed by atoms with E-state index in [0.717, 1.165) is 16.7 Å². The van der Waals surface area contributed by atoms with E-state index in [9.17, 15) is 9.59 Å². The molecule has 0 aliphatic heterocycles. The summed E-state index contributed by atoms with van der Waals surface area (Å²) in [5.74, 6) is 0.0520. The van der Waals surface area contributed by atoms with Crippen LogP contribution in [-0.4, -0.2) is 17.9 Å². The van der Waals surface area contributed by atoms with Gasteiger partial charge in [0.15, 0.2) is 11.5 Å². The van der Waals surface area contributed by atoms with Gasteiger partial charge in [0, 0.05) is 17.0 Å². The molecule has 0 fully saturated rings. The van der Waals surface area contributed by atoms with Crippen LogP contribution in [-0.2, 0) is 24.4 Å². The molecule has 0 radical (unpaired) electrons. The van der Waals surface area contributed by atoms with Gasteiger partial charge in [0.1, 0.15) is 19.3 Å². The molecule has 0 aliphatic carbocycles. The first-order valence-electron chi connectivity index (χ1n) is 11.8. The van der Waals surface area contributed by atoms with Crippen LogP contribution in [0.3, 0.4) is 0 Å². The molecular weight excluding hydrogens is 488 g/mol. The van der Waals surface area contributed by atoms with Crippen LogP contribution in [0.15, 0.2) is 103 Å². The van der Waals surface area contributed by atoms with E-state index in [1.165, 1.54) is 0 Å². The molecule has 0 saturated heterocycles. The average molecular weight is 515 g/mol. The Hall–Kier alpha value is -4.29. The molecule has 37 heavy (non-hydrogen) atoms. The lowest BCUT2D eigenvalue weighted by Crippen LogP contribution is -2.45. The summed E-state index contributed by atoms with van der Waals surface area (Å²) in [6, 6.07) is 30.6. The molecule has 0 aliphatic rings. The third-order valence-corrected chi connectivity index (χ3v) is 5.93. The highest BCUT2D eigenvalue weighted by atomic mass is 35.5. The number of amides is 2. The highest BCUT2D eigenvalue weighted by molar-refractivity contribution is 6.30. The maximum atomic E-state index is 12.7. The molecule has 3 N–H and O–H groups in total. The summed E-state index contributed by atoms with van der Waals surface area (Å²) >= 11 is 5.90. The van der Waals surface area contributed by atoms with Crippen molar-refractivity contribution in [3.8, 4) is 11.5 Å². The number of rotatable bonds is 11. The van der Waals surface area contributed by atoms with Gasteiger partial charge >= 0.3 is 0 Å². The molecule has 4 rings (SSSR count). The van der Waals surface area contributed by atoms with Gasteiger partial charge in [-0.3, -0.25) is 9.59 Å². The third kappa shape index (κ3) is 7.59. The van der Waals surface area contributed by atoms with Crippen molar-refractivity contribution in [1.29, 1.82) is 0 Å². The van der Waals surface area contributed by atoms with Crippen LogP contribution >= 0.6 is 11.6 Å². The Kier molecular flexibility index (Phi) is 8.79. The Balaban J connectivity index is 1.51. The number of ether oxygens (including phenoxy) is 2. The molecule has 0 heterocycles. The van der Waals surface area contributed by atoms with Gasteiger partial charge in [-0.25, -0.2) is 0 Å². The largest absolute Gasteiger partial charge is 0.485 e. The zero-order chi connectivity index (χ0) is 26.0. The summed E-state index contributed by atoms with van der Waals surface area (Å²) in [5, 5.41) is 3.23. The van der Waals surface area contributed by atoms with Crippen LogP contribution in [0.1, 0.15) is 27.0 Å². The maximum Gasteiger partial charge on any atom is 0.251 e. The monoisotopic (exact) mass is 514 g/mol. The predicted molar refractivity (Wildman–Crippen MR) is 144 cm³/mol. The van der Waals surface area contributed by atoms with E-state index in [1.807, 2.05) is 72.8 Å². The van der Waals surface area contributed by atoms with E-state index < -0.39 is 17.9 Å². The molecule has 6 nitrogen and oxygen atoms in total. The molecule has 188 valence electrons. The van der Waals surface area contributed by atoms with Crippen molar-refractivity contribution in [1.82, 2.24) is 5.32 Å². The van der Waals surface area contributed by atoms with E-state index >= 15 is 0 Å². The van der Waals surface area contributed by atoms with Crippen LogP contribution < -0.4 is 20.5 Å². The Morgan fingerprint density at radius 3 is 1.86 bits per heavy atom. The number of carbonyl (C=O) groups is 2. The molecule has 7 heteroatoms. The summed E-state index contributed by atoms with van der Waals surface area (Å²) in [5.41, 5.74) is 8.79. The normalized spacial score (nSPS) is 11.4. The highest BCUT2D eigenvalue weighted by Gasteiger charge is 2.20. The standard InChI is InChI=1S/C30H27ClN2O4/c31-25-14-12-24(13-15-25)30(35)33-26(29(32)34)17-23-11-16-27(36-19-21-7-3-1-4-8-21)28(18-23)37-20-22-9-5-2-6-10-22/h1-16,18,26H,17,19-20H2,(H2,32,34)(H,33,35)/t26-/m0/s1. The molecule has 0 spiro atoms. The van der Waals surface area contributed by atoms with Gasteiger partial charge in [-0.2, -0.15) is 0 Å². The van der Waals surface area contributed by atoms with Crippen molar-refractivity contribution in [2.45, 2.75) is 25.7 Å². The number of halogens is 1. The van der Waals surface area contributed by atoms with Gasteiger partial charge in [-0.05, 0) is 53.1 Å². The Labute approximate surface area is 221 Å². The van der Waals surface area contributed by atoms with E-state index in [-0.39, 0.29) is 6.42 Å². The van der Waals surface area contributed by atoms with Gasteiger partial charge in [-0.15, -0.1) is 0 Å². The molecule has 0 aromatic heterocycles. The molecule has 2 amide bonds. The van der Waals surface area contributed by atoms with Gasteiger partial charge in [0.25, 0.3) is 5.91 Å². The number of hydrogen-bond donors (Lipinski definition) is 2. The van der Waals surface area contributed by atoms with Crippen molar-refractivity contribution in [3.63, 3.8) is 0 Å². The fourth-order valence-electron chi connectivity index (χ4n) is 3.68. The molecular formula is C30H27ClN2O4.